The van der Waals surface area contributed by atoms with Crippen LogP contribution in [0.4, 0.5) is 5.69 Å². The third-order valence-electron chi connectivity index (χ3n) is 5.62. The maximum atomic E-state index is 11.3. The number of piperidine rings is 1. The largest absolute Gasteiger partial charge is 0.398 e. The van der Waals surface area contributed by atoms with Gasteiger partial charge < -0.3 is 16.0 Å². The number of hydrogen-bond acceptors (Lipinski definition) is 8. The van der Waals surface area contributed by atoms with Crippen molar-refractivity contribution in [2.24, 2.45) is 0 Å². The zero-order valence-corrected chi connectivity index (χ0v) is 19.6. The molecule has 0 aliphatic carbocycles. The van der Waals surface area contributed by atoms with Crippen LogP contribution in [0.25, 0.3) is 10.4 Å². The second-order valence-corrected chi connectivity index (χ2v) is 8.87. The summed E-state index contributed by atoms with van der Waals surface area (Å²) in [6, 6.07) is 9.98. The van der Waals surface area contributed by atoms with Crippen molar-refractivity contribution in [3.8, 4) is 10.4 Å². The van der Waals surface area contributed by atoms with E-state index in [9.17, 15) is 4.79 Å². The molecule has 1 aromatic carbocycles. The van der Waals surface area contributed by atoms with E-state index >= 15 is 0 Å². The lowest BCUT2D eigenvalue weighted by molar-refractivity contribution is 0.112. The van der Waals surface area contributed by atoms with E-state index in [1.807, 2.05) is 25.1 Å². The molecule has 0 radical (unpaired) electrons. The van der Waals surface area contributed by atoms with Gasteiger partial charge in [0, 0.05) is 35.2 Å². The molecule has 3 heterocycles. The summed E-state index contributed by atoms with van der Waals surface area (Å²) in [5, 5.41) is 12.2. The van der Waals surface area contributed by atoms with E-state index < -0.39 is 0 Å². The fraction of sp³-hybridized carbons (Fsp3) is 0.333. The lowest BCUT2D eigenvalue weighted by Crippen LogP contribution is -2.39. The molecule has 0 unspecified atom stereocenters. The molecule has 0 saturated carbocycles. The number of anilines is 1. The first-order chi connectivity index (χ1) is 15.4. The number of aromatic nitrogens is 2. The van der Waals surface area contributed by atoms with Gasteiger partial charge in [-0.1, -0.05) is 24.3 Å². The van der Waals surface area contributed by atoms with Crippen LogP contribution >= 0.6 is 11.3 Å². The summed E-state index contributed by atoms with van der Waals surface area (Å²) in [4.78, 5) is 22.8. The molecule has 4 rings (SSSR count). The quantitative estimate of drug-likeness (QED) is 0.311. The number of rotatable bonds is 5. The molecule has 0 amide bonds. The molecule has 4 N–H and O–H groups in total. The number of para-hydroxylation sites is 1. The number of aryl methyl sites for hydroxylation is 1. The highest BCUT2D eigenvalue weighted by molar-refractivity contribution is 7.17. The number of nitrogen functional groups attached to an aromatic ring is 1. The maximum Gasteiger partial charge on any atom is 0.169 e. The van der Waals surface area contributed by atoms with Crippen LogP contribution in [0.5, 0.6) is 0 Å². The second kappa shape index (κ2) is 11.1. The summed E-state index contributed by atoms with van der Waals surface area (Å²) in [6.45, 7) is 4.41. The molecule has 2 aromatic heterocycles. The average molecular weight is 451 g/mol. The number of hydrogen-bond donors (Lipinski definition) is 3. The Balaban J connectivity index is 0.000000269. The normalized spacial score (nSPS) is 14.5. The number of pyridine rings is 1. The number of aldehydes is 1. The Labute approximate surface area is 193 Å². The minimum atomic E-state index is 0.217. The molecular weight excluding hydrogens is 420 g/mol. The number of nitrogens with zero attached hydrogens (tertiary/aromatic N) is 3. The number of benzene rings is 1. The molecule has 0 spiro atoms. The number of carbonyl (C=O) groups is 1. The van der Waals surface area contributed by atoms with Gasteiger partial charge in [0.05, 0.1) is 10.6 Å². The van der Waals surface area contributed by atoms with Crippen molar-refractivity contribution in [3.63, 3.8) is 0 Å². The summed E-state index contributed by atoms with van der Waals surface area (Å²) in [7, 11) is 4.24. The lowest BCUT2D eigenvalue weighted by Gasteiger charge is -2.28. The van der Waals surface area contributed by atoms with Gasteiger partial charge in [-0.2, -0.15) is 0 Å². The SMILES string of the molecule is CNC1CCN(C)CC1.Cc1cccc(C(=N)c2nc(C=O)c(-c3cccnc3)s2)c1N. The third kappa shape index (κ3) is 5.64. The Kier molecular flexibility index (Phi) is 8.21. The smallest absolute Gasteiger partial charge is 0.169 e. The number of nitrogens with two attached hydrogens (primary N) is 1. The summed E-state index contributed by atoms with van der Waals surface area (Å²) in [5.74, 6) is 0. The van der Waals surface area contributed by atoms with Gasteiger partial charge in [0.15, 0.2) is 6.29 Å². The lowest BCUT2D eigenvalue weighted by atomic mass is 10.0. The van der Waals surface area contributed by atoms with Gasteiger partial charge in [0.2, 0.25) is 0 Å². The second-order valence-electron chi connectivity index (χ2n) is 7.87. The highest BCUT2D eigenvalue weighted by Crippen LogP contribution is 2.31. The van der Waals surface area contributed by atoms with Gasteiger partial charge in [-0.05, 0) is 58.6 Å². The predicted molar refractivity (Wildman–Crippen MR) is 132 cm³/mol. The Hall–Kier alpha value is -2.94. The van der Waals surface area contributed by atoms with Crippen LogP contribution in [-0.2, 0) is 0 Å². The molecule has 1 aliphatic heterocycles. The number of nitrogens with one attached hydrogen (secondary N) is 2. The van der Waals surface area contributed by atoms with Gasteiger partial charge >= 0.3 is 0 Å². The van der Waals surface area contributed by atoms with E-state index in [1.165, 1.54) is 37.3 Å². The van der Waals surface area contributed by atoms with Crippen LogP contribution < -0.4 is 11.1 Å². The fourth-order valence-electron chi connectivity index (χ4n) is 3.53. The molecule has 0 atom stereocenters. The monoisotopic (exact) mass is 450 g/mol. The zero-order valence-electron chi connectivity index (χ0n) is 18.8. The van der Waals surface area contributed by atoms with Gasteiger partial charge in [0.1, 0.15) is 10.7 Å². The van der Waals surface area contributed by atoms with Gasteiger partial charge in [-0.25, -0.2) is 4.98 Å². The molecule has 168 valence electrons. The topological polar surface area (TPSA) is 108 Å². The molecule has 1 aliphatic rings. The molecule has 3 aromatic rings. The van der Waals surface area contributed by atoms with Crippen LogP contribution in [0, 0.1) is 12.3 Å². The summed E-state index contributed by atoms with van der Waals surface area (Å²) in [5.41, 5.74) is 9.49. The average Bonchev–Trinajstić information content (AvgIpc) is 3.26. The Morgan fingerprint density at radius 2 is 2.03 bits per heavy atom. The molecular formula is C24H30N6OS. The van der Waals surface area contributed by atoms with E-state index in [0.717, 1.165) is 17.2 Å². The van der Waals surface area contributed by atoms with E-state index in [4.69, 9.17) is 11.1 Å². The van der Waals surface area contributed by atoms with Crippen molar-refractivity contribution < 1.29 is 4.79 Å². The van der Waals surface area contributed by atoms with E-state index in [2.05, 4.69) is 34.3 Å². The highest BCUT2D eigenvalue weighted by atomic mass is 32.1. The molecule has 32 heavy (non-hydrogen) atoms. The minimum absolute atomic E-state index is 0.217. The van der Waals surface area contributed by atoms with Crippen molar-refractivity contribution in [1.82, 2.24) is 20.2 Å². The first-order valence-corrected chi connectivity index (χ1v) is 11.4. The van der Waals surface area contributed by atoms with Gasteiger partial charge in [-0.15, -0.1) is 11.3 Å². The Morgan fingerprint density at radius 3 is 2.66 bits per heavy atom. The minimum Gasteiger partial charge on any atom is -0.398 e. The van der Waals surface area contributed by atoms with Crippen LogP contribution in [0.1, 0.15) is 39.5 Å². The maximum absolute atomic E-state index is 11.3. The van der Waals surface area contributed by atoms with Gasteiger partial charge in [-0.3, -0.25) is 15.2 Å². The van der Waals surface area contributed by atoms with E-state index in [-0.39, 0.29) is 5.71 Å². The Morgan fingerprint density at radius 1 is 1.28 bits per heavy atom. The highest BCUT2D eigenvalue weighted by Gasteiger charge is 2.18. The van der Waals surface area contributed by atoms with Crippen LogP contribution in [-0.4, -0.2) is 60.1 Å². The zero-order chi connectivity index (χ0) is 23.1. The fourth-order valence-corrected chi connectivity index (χ4v) is 4.52. The van der Waals surface area contributed by atoms with Gasteiger partial charge in [0.25, 0.3) is 0 Å². The summed E-state index contributed by atoms with van der Waals surface area (Å²) >= 11 is 1.29. The summed E-state index contributed by atoms with van der Waals surface area (Å²) < 4.78 is 0. The first-order valence-electron chi connectivity index (χ1n) is 10.6. The molecule has 1 fully saturated rings. The standard InChI is InChI=1S/C17H14N4OS.C7H16N2/c1-10-4-2-6-12(14(10)18)15(19)17-21-13(9-22)16(23-17)11-5-3-7-20-8-11;1-8-7-3-5-9(2)6-4-7/h2-9,19H,18H2,1H3;7-8H,3-6H2,1-2H3. The van der Waals surface area contributed by atoms with Crippen molar-refractivity contribution in [1.29, 1.82) is 5.41 Å². The van der Waals surface area contributed by atoms with Crippen molar-refractivity contribution in [2.45, 2.75) is 25.8 Å². The third-order valence-corrected chi connectivity index (χ3v) is 6.76. The number of thiazole rings is 1. The Bertz CT molecular complexity index is 1060. The van der Waals surface area contributed by atoms with Crippen molar-refractivity contribution in [2.75, 3.05) is 32.9 Å². The van der Waals surface area contributed by atoms with Crippen molar-refractivity contribution >= 4 is 29.0 Å². The predicted octanol–water partition coefficient (Wildman–Crippen LogP) is 3.62. The van der Waals surface area contributed by atoms with Crippen LogP contribution in [0.3, 0.4) is 0 Å². The molecule has 8 heteroatoms. The van der Waals surface area contributed by atoms with Crippen LogP contribution in [0.15, 0.2) is 42.7 Å². The summed E-state index contributed by atoms with van der Waals surface area (Å²) in [6.07, 6.45) is 6.67. The van der Waals surface area contributed by atoms with E-state index in [1.54, 1.807) is 24.5 Å². The number of carbonyl (C=O) groups excluding carboxylic acids is 1. The first kappa shape index (κ1) is 23.7. The molecule has 1 saturated heterocycles. The molecule has 7 nitrogen and oxygen atoms in total. The van der Waals surface area contributed by atoms with E-state index in [0.29, 0.717) is 33.1 Å². The molecule has 0 bridgehead atoms. The van der Waals surface area contributed by atoms with Crippen molar-refractivity contribution in [3.05, 3.63) is 64.6 Å². The van der Waals surface area contributed by atoms with Crippen LogP contribution in [0.2, 0.25) is 0 Å². The number of likely N-dealkylation sites (tertiary alicyclic amines) is 1.